The first-order valence-corrected chi connectivity index (χ1v) is 4.75. The van der Waals surface area contributed by atoms with E-state index in [4.69, 9.17) is 0 Å². The van der Waals surface area contributed by atoms with Crippen LogP contribution in [-0.2, 0) is 19.1 Å². The van der Waals surface area contributed by atoms with E-state index in [9.17, 15) is 13.2 Å². The highest BCUT2D eigenvalue weighted by molar-refractivity contribution is 7.86. The Balaban J connectivity index is 4.34. The smallest absolute Gasteiger partial charge is 0.342 e. The molecule has 0 N–H and O–H groups in total. The van der Waals surface area contributed by atoms with Crippen LogP contribution in [0.4, 0.5) is 0 Å². The standard InChI is InChI=1S/C6H10O4S/c1-4-5(2)6(7)10-11(3,8)9/h4H,1-3H3/b5-4+. The summed E-state index contributed by atoms with van der Waals surface area (Å²) in [5.74, 6) is -0.824. The molecule has 0 aliphatic rings. The molecule has 0 aromatic carbocycles. The van der Waals surface area contributed by atoms with E-state index in [1.54, 1.807) is 6.92 Å². The van der Waals surface area contributed by atoms with E-state index >= 15 is 0 Å². The maximum Gasteiger partial charge on any atom is 0.349 e. The van der Waals surface area contributed by atoms with Gasteiger partial charge in [-0.25, -0.2) is 4.79 Å². The van der Waals surface area contributed by atoms with Crippen LogP contribution in [0, 0.1) is 0 Å². The van der Waals surface area contributed by atoms with Crippen molar-refractivity contribution in [2.75, 3.05) is 6.26 Å². The predicted molar refractivity (Wildman–Crippen MR) is 40.4 cm³/mol. The summed E-state index contributed by atoms with van der Waals surface area (Å²) in [6.45, 7) is 3.10. The lowest BCUT2D eigenvalue weighted by atomic mass is 10.3. The molecule has 0 aliphatic carbocycles. The van der Waals surface area contributed by atoms with Crippen molar-refractivity contribution in [3.05, 3.63) is 11.6 Å². The molecule has 0 aromatic heterocycles. The van der Waals surface area contributed by atoms with Crippen molar-refractivity contribution in [3.63, 3.8) is 0 Å². The summed E-state index contributed by atoms with van der Waals surface area (Å²) in [5, 5.41) is 0. The van der Waals surface area contributed by atoms with E-state index in [0.29, 0.717) is 0 Å². The van der Waals surface area contributed by atoms with Crippen molar-refractivity contribution in [1.82, 2.24) is 0 Å². The molecule has 11 heavy (non-hydrogen) atoms. The summed E-state index contributed by atoms with van der Waals surface area (Å²) in [5.41, 5.74) is 0.274. The van der Waals surface area contributed by atoms with Crippen LogP contribution in [0.25, 0.3) is 0 Å². The van der Waals surface area contributed by atoms with Gasteiger partial charge < -0.3 is 4.18 Å². The van der Waals surface area contributed by atoms with Gasteiger partial charge in [0.1, 0.15) is 0 Å². The maximum absolute atomic E-state index is 10.7. The molecule has 64 valence electrons. The molecular formula is C6H10O4S. The third-order valence-corrected chi connectivity index (χ3v) is 1.44. The minimum Gasteiger partial charge on any atom is -0.342 e. The first-order chi connectivity index (χ1) is 4.87. The summed E-state index contributed by atoms with van der Waals surface area (Å²) in [6, 6.07) is 0. The summed E-state index contributed by atoms with van der Waals surface area (Å²) in [6.07, 6.45) is 2.31. The second kappa shape index (κ2) is 3.52. The molecule has 0 unspecified atom stereocenters. The van der Waals surface area contributed by atoms with Gasteiger partial charge in [0, 0.05) is 5.57 Å². The SMILES string of the molecule is C/C=C(\C)C(=O)OS(C)(=O)=O. The van der Waals surface area contributed by atoms with Crippen LogP contribution < -0.4 is 0 Å². The van der Waals surface area contributed by atoms with Crippen molar-refractivity contribution < 1.29 is 17.4 Å². The average molecular weight is 178 g/mol. The van der Waals surface area contributed by atoms with E-state index in [-0.39, 0.29) is 5.57 Å². The van der Waals surface area contributed by atoms with Crippen LogP contribution in [0.1, 0.15) is 13.8 Å². The molecule has 0 saturated heterocycles. The molecule has 0 aromatic rings. The molecule has 0 aliphatic heterocycles. The van der Waals surface area contributed by atoms with Gasteiger partial charge in [-0.15, -0.1) is 0 Å². The van der Waals surface area contributed by atoms with Crippen molar-refractivity contribution in [3.8, 4) is 0 Å². The normalized spacial score (nSPS) is 12.8. The zero-order valence-electron chi connectivity index (χ0n) is 6.62. The molecule has 0 atom stereocenters. The minimum absolute atomic E-state index is 0.274. The summed E-state index contributed by atoms with van der Waals surface area (Å²) in [7, 11) is -3.67. The predicted octanol–water partition coefficient (Wildman–Crippen LogP) is 0.455. The van der Waals surface area contributed by atoms with Crippen LogP contribution in [0.2, 0.25) is 0 Å². The highest BCUT2D eigenvalue weighted by Gasteiger charge is 2.11. The minimum atomic E-state index is -3.67. The third-order valence-electron chi connectivity index (χ3n) is 0.982. The lowest BCUT2D eigenvalue weighted by Crippen LogP contribution is -2.11. The summed E-state index contributed by atoms with van der Waals surface area (Å²) >= 11 is 0. The first kappa shape index (κ1) is 10.2. The second-order valence-electron chi connectivity index (χ2n) is 2.05. The van der Waals surface area contributed by atoms with Crippen molar-refractivity contribution >= 4 is 16.1 Å². The highest BCUT2D eigenvalue weighted by atomic mass is 32.2. The third kappa shape index (κ3) is 4.55. The van der Waals surface area contributed by atoms with Gasteiger partial charge in [0.25, 0.3) is 0 Å². The fourth-order valence-electron chi connectivity index (χ4n) is 0.321. The molecule has 0 saturated carbocycles. The highest BCUT2D eigenvalue weighted by Crippen LogP contribution is 1.98. The van der Waals surface area contributed by atoms with Crippen LogP contribution in [0.15, 0.2) is 11.6 Å². The Hall–Kier alpha value is -0.840. The molecule has 0 rings (SSSR count). The topological polar surface area (TPSA) is 60.4 Å². The zero-order valence-corrected chi connectivity index (χ0v) is 7.44. The van der Waals surface area contributed by atoms with E-state index in [0.717, 1.165) is 6.26 Å². The Labute approximate surface area is 66.0 Å². The van der Waals surface area contributed by atoms with Crippen LogP contribution in [0.5, 0.6) is 0 Å². The van der Waals surface area contributed by atoms with Gasteiger partial charge in [0.2, 0.25) is 0 Å². The van der Waals surface area contributed by atoms with Gasteiger partial charge in [-0.05, 0) is 13.8 Å². The Bertz CT molecular complexity index is 273. The van der Waals surface area contributed by atoms with Gasteiger partial charge in [-0.2, -0.15) is 8.42 Å². The van der Waals surface area contributed by atoms with E-state index in [1.807, 2.05) is 0 Å². The van der Waals surface area contributed by atoms with Crippen LogP contribution >= 0.6 is 0 Å². The quantitative estimate of drug-likeness (QED) is 0.455. The molecule has 0 radical (unpaired) electrons. The van der Waals surface area contributed by atoms with Crippen molar-refractivity contribution in [2.45, 2.75) is 13.8 Å². The number of hydrogen-bond acceptors (Lipinski definition) is 4. The van der Waals surface area contributed by atoms with Crippen molar-refractivity contribution in [1.29, 1.82) is 0 Å². The van der Waals surface area contributed by atoms with E-state index in [1.165, 1.54) is 13.0 Å². The Kier molecular flexibility index (Phi) is 3.25. The van der Waals surface area contributed by atoms with Crippen LogP contribution in [0.3, 0.4) is 0 Å². The number of allylic oxidation sites excluding steroid dienone is 1. The van der Waals surface area contributed by atoms with Crippen LogP contribution in [-0.4, -0.2) is 20.6 Å². The maximum atomic E-state index is 10.7. The van der Waals surface area contributed by atoms with Gasteiger partial charge in [-0.1, -0.05) is 6.08 Å². The monoisotopic (exact) mass is 178 g/mol. The van der Waals surface area contributed by atoms with Crippen molar-refractivity contribution in [2.24, 2.45) is 0 Å². The molecule has 0 fully saturated rings. The largest absolute Gasteiger partial charge is 0.349 e. The molecule has 5 heteroatoms. The first-order valence-electron chi connectivity index (χ1n) is 2.93. The lowest BCUT2D eigenvalue weighted by Gasteiger charge is -1.99. The molecule has 4 nitrogen and oxygen atoms in total. The molecule has 0 bridgehead atoms. The molecule has 0 amide bonds. The van der Waals surface area contributed by atoms with Gasteiger partial charge in [0.15, 0.2) is 0 Å². The number of carbonyl (C=O) groups excluding carboxylic acids is 1. The van der Waals surface area contributed by atoms with Gasteiger partial charge in [-0.3, -0.25) is 0 Å². The second-order valence-corrected chi connectivity index (χ2v) is 3.62. The number of carbonyl (C=O) groups is 1. The van der Waals surface area contributed by atoms with Gasteiger partial charge >= 0.3 is 16.1 Å². The Morgan fingerprint density at radius 2 is 1.91 bits per heavy atom. The van der Waals surface area contributed by atoms with Gasteiger partial charge in [0.05, 0.1) is 6.26 Å². The van der Waals surface area contributed by atoms with E-state index < -0.39 is 16.1 Å². The molecule has 0 spiro atoms. The Morgan fingerprint density at radius 3 is 2.18 bits per heavy atom. The fourth-order valence-corrected chi connectivity index (χ4v) is 0.727. The number of hydrogen-bond donors (Lipinski definition) is 0. The number of rotatable bonds is 2. The fraction of sp³-hybridized carbons (Fsp3) is 0.500. The molecule has 0 heterocycles. The molecular weight excluding hydrogens is 168 g/mol. The zero-order chi connectivity index (χ0) is 9.07. The Morgan fingerprint density at radius 1 is 1.45 bits per heavy atom. The average Bonchev–Trinajstić information content (AvgIpc) is 1.82. The van der Waals surface area contributed by atoms with E-state index in [2.05, 4.69) is 4.18 Å². The lowest BCUT2D eigenvalue weighted by molar-refractivity contribution is -0.129. The summed E-state index contributed by atoms with van der Waals surface area (Å²) in [4.78, 5) is 10.7. The summed E-state index contributed by atoms with van der Waals surface area (Å²) < 4.78 is 24.8.